The van der Waals surface area contributed by atoms with E-state index in [-0.39, 0.29) is 12.0 Å². The number of benzene rings is 3. The van der Waals surface area contributed by atoms with E-state index in [1.54, 1.807) is 0 Å². The normalized spacial score (nSPS) is 13.6. The highest BCUT2D eigenvalue weighted by Crippen LogP contribution is 2.15. The van der Waals surface area contributed by atoms with E-state index < -0.39 is 0 Å². The predicted octanol–water partition coefficient (Wildman–Crippen LogP) is 6.59. The van der Waals surface area contributed by atoms with Crippen molar-refractivity contribution in [2.45, 2.75) is 39.8 Å². The minimum absolute atomic E-state index is 0.101. The fraction of sp³-hybridized carbons (Fsp3) is 0.310. The Balaban J connectivity index is 1.53. The molecule has 0 amide bonds. The van der Waals surface area contributed by atoms with Crippen LogP contribution in [0.25, 0.3) is 0 Å². The third-order valence-electron chi connectivity index (χ3n) is 5.22. The van der Waals surface area contributed by atoms with Gasteiger partial charge < -0.3 is 14.2 Å². The average Bonchev–Trinajstić information content (AvgIpc) is 2.83. The van der Waals surface area contributed by atoms with Crippen molar-refractivity contribution in [3.8, 4) is 0 Å². The fourth-order valence-corrected chi connectivity index (χ4v) is 3.48. The second-order valence-corrected chi connectivity index (χ2v) is 8.17. The van der Waals surface area contributed by atoms with Gasteiger partial charge in [-0.2, -0.15) is 0 Å². The molecule has 0 aliphatic rings. The first-order valence-corrected chi connectivity index (χ1v) is 11.3. The van der Waals surface area contributed by atoms with Crippen LogP contribution in [-0.2, 0) is 34.0 Å². The number of ether oxygens (including phenoxy) is 3. The van der Waals surface area contributed by atoms with Gasteiger partial charge in [0.25, 0.3) is 0 Å². The van der Waals surface area contributed by atoms with Crippen molar-refractivity contribution in [3.05, 3.63) is 119 Å². The Hall–Kier alpha value is -2.72. The number of hydrogen-bond donors (Lipinski definition) is 0. The van der Waals surface area contributed by atoms with Crippen LogP contribution in [0.15, 0.2) is 103 Å². The lowest BCUT2D eigenvalue weighted by Gasteiger charge is -2.21. The van der Waals surface area contributed by atoms with Crippen molar-refractivity contribution in [2.75, 3.05) is 13.2 Å². The van der Waals surface area contributed by atoms with Crippen LogP contribution in [0.2, 0.25) is 0 Å². The highest BCUT2D eigenvalue weighted by Gasteiger charge is 2.14. The monoisotopic (exact) mass is 430 g/mol. The average molecular weight is 431 g/mol. The summed E-state index contributed by atoms with van der Waals surface area (Å²) < 4.78 is 18.2. The van der Waals surface area contributed by atoms with E-state index in [0.717, 1.165) is 5.56 Å². The van der Waals surface area contributed by atoms with Gasteiger partial charge in [0, 0.05) is 0 Å². The smallest absolute Gasteiger partial charge is 0.102 e. The highest BCUT2D eigenvalue weighted by molar-refractivity contribution is 5.16. The van der Waals surface area contributed by atoms with E-state index in [0.29, 0.717) is 33.0 Å². The van der Waals surface area contributed by atoms with Gasteiger partial charge in [-0.3, -0.25) is 0 Å². The first-order chi connectivity index (χ1) is 15.7. The molecular weight excluding hydrogens is 396 g/mol. The summed E-state index contributed by atoms with van der Waals surface area (Å²) in [4.78, 5) is 0. The molecule has 0 aromatic heterocycles. The van der Waals surface area contributed by atoms with Gasteiger partial charge >= 0.3 is 0 Å². The molecule has 0 spiro atoms. The van der Waals surface area contributed by atoms with Gasteiger partial charge in [-0.1, -0.05) is 104 Å². The van der Waals surface area contributed by atoms with Crippen LogP contribution in [-0.4, -0.2) is 19.3 Å². The second-order valence-electron chi connectivity index (χ2n) is 8.17. The molecule has 0 saturated heterocycles. The number of rotatable bonds is 13. The Morgan fingerprint density at radius 2 is 1.09 bits per heavy atom. The van der Waals surface area contributed by atoms with Gasteiger partial charge in [-0.25, -0.2) is 0 Å². The Bertz CT molecular complexity index is 907. The van der Waals surface area contributed by atoms with Crippen LogP contribution >= 0.6 is 0 Å². The largest absolute Gasteiger partial charge is 0.376 e. The summed E-state index contributed by atoms with van der Waals surface area (Å²) in [7, 11) is 0. The molecule has 3 nitrogen and oxygen atoms in total. The maximum atomic E-state index is 6.27. The van der Waals surface area contributed by atoms with Crippen LogP contribution in [0.4, 0.5) is 0 Å². The van der Waals surface area contributed by atoms with E-state index in [9.17, 15) is 0 Å². The Morgan fingerprint density at radius 1 is 0.656 bits per heavy atom. The van der Waals surface area contributed by atoms with Crippen LogP contribution in [0, 0.1) is 5.92 Å². The van der Waals surface area contributed by atoms with Crippen molar-refractivity contribution in [1.29, 1.82) is 0 Å². The summed E-state index contributed by atoms with van der Waals surface area (Å²) in [6.45, 7) is 7.25. The molecule has 3 rings (SSSR count). The zero-order chi connectivity index (χ0) is 22.4. The van der Waals surface area contributed by atoms with Crippen LogP contribution in [0.5, 0.6) is 0 Å². The molecule has 2 atom stereocenters. The molecule has 3 aromatic carbocycles. The predicted molar refractivity (Wildman–Crippen MR) is 130 cm³/mol. The molecule has 0 aliphatic heterocycles. The zero-order valence-electron chi connectivity index (χ0n) is 19.2. The summed E-state index contributed by atoms with van der Waals surface area (Å²) in [5, 5.41) is 0. The second kappa shape index (κ2) is 13.6. The third-order valence-corrected chi connectivity index (χ3v) is 5.22. The quantitative estimate of drug-likeness (QED) is 0.286. The van der Waals surface area contributed by atoms with E-state index >= 15 is 0 Å². The first-order valence-electron chi connectivity index (χ1n) is 11.3. The summed E-state index contributed by atoms with van der Waals surface area (Å²) in [5.41, 5.74) is 4.69. The van der Waals surface area contributed by atoms with E-state index in [1.807, 2.05) is 54.6 Å². The fourth-order valence-electron chi connectivity index (χ4n) is 3.48. The minimum Gasteiger partial charge on any atom is -0.376 e. The van der Waals surface area contributed by atoms with Crippen molar-refractivity contribution in [3.63, 3.8) is 0 Å². The number of hydrogen-bond acceptors (Lipinski definition) is 3. The van der Waals surface area contributed by atoms with Gasteiger partial charge in [0.05, 0.1) is 33.0 Å². The Labute approximate surface area is 192 Å². The molecule has 0 N–H and O–H groups in total. The van der Waals surface area contributed by atoms with Gasteiger partial charge in [0.2, 0.25) is 0 Å². The summed E-state index contributed by atoms with van der Waals surface area (Å²) in [6.07, 6.45) is 2.14. The molecule has 3 aromatic rings. The standard InChI is InChI=1S/C29H34O3/c1-24(19-30-20-26-12-6-3-7-13-26)18-25(2)29(32-22-28-16-10-5-11-17-28)23-31-21-27-14-8-4-9-15-27/h3-18,24,29H,19-23H2,1-2H3/b25-18+/t24?,29-/m0/s1. The minimum atomic E-state index is -0.101. The summed E-state index contributed by atoms with van der Waals surface area (Å²) >= 11 is 0. The molecule has 0 aliphatic carbocycles. The van der Waals surface area contributed by atoms with E-state index in [2.05, 4.69) is 56.3 Å². The van der Waals surface area contributed by atoms with E-state index in [4.69, 9.17) is 14.2 Å². The summed E-state index contributed by atoms with van der Waals surface area (Å²) in [6, 6.07) is 30.8. The summed E-state index contributed by atoms with van der Waals surface area (Å²) in [5.74, 6) is 0.288. The molecular formula is C29H34O3. The van der Waals surface area contributed by atoms with E-state index in [1.165, 1.54) is 16.7 Å². The lowest BCUT2D eigenvalue weighted by Crippen LogP contribution is -2.22. The molecule has 0 radical (unpaired) electrons. The molecule has 0 fully saturated rings. The van der Waals surface area contributed by atoms with Crippen LogP contribution in [0.1, 0.15) is 30.5 Å². The van der Waals surface area contributed by atoms with Gasteiger partial charge in [0.1, 0.15) is 6.10 Å². The van der Waals surface area contributed by atoms with Gasteiger partial charge in [0.15, 0.2) is 0 Å². The van der Waals surface area contributed by atoms with Crippen molar-refractivity contribution in [1.82, 2.24) is 0 Å². The Morgan fingerprint density at radius 3 is 1.59 bits per heavy atom. The molecule has 0 bridgehead atoms. The maximum Gasteiger partial charge on any atom is 0.102 e. The lowest BCUT2D eigenvalue weighted by molar-refractivity contribution is -0.0113. The molecule has 1 unspecified atom stereocenters. The SMILES string of the molecule is C/C(=C\C(C)COCc1ccccc1)[C@H](COCc1ccccc1)OCc1ccccc1. The van der Waals surface area contributed by atoms with Crippen molar-refractivity contribution in [2.24, 2.45) is 5.92 Å². The first kappa shape index (κ1) is 23.9. The molecule has 32 heavy (non-hydrogen) atoms. The third kappa shape index (κ3) is 8.80. The van der Waals surface area contributed by atoms with Gasteiger partial charge in [-0.15, -0.1) is 0 Å². The van der Waals surface area contributed by atoms with Crippen molar-refractivity contribution < 1.29 is 14.2 Å². The van der Waals surface area contributed by atoms with Crippen LogP contribution in [0.3, 0.4) is 0 Å². The molecule has 3 heteroatoms. The molecule has 168 valence electrons. The maximum absolute atomic E-state index is 6.27. The van der Waals surface area contributed by atoms with Crippen LogP contribution < -0.4 is 0 Å². The molecule has 0 saturated carbocycles. The molecule has 0 heterocycles. The lowest BCUT2D eigenvalue weighted by atomic mass is 10.1. The van der Waals surface area contributed by atoms with Crippen molar-refractivity contribution >= 4 is 0 Å². The zero-order valence-corrected chi connectivity index (χ0v) is 19.2. The topological polar surface area (TPSA) is 27.7 Å². The highest BCUT2D eigenvalue weighted by atomic mass is 16.5. The Kier molecular flexibility index (Phi) is 10.2. The van der Waals surface area contributed by atoms with Gasteiger partial charge in [-0.05, 0) is 35.1 Å².